The molecule has 0 saturated carbocycles. The van der Waals surface area contributed by atoms with Gasteiger partial charge < -0.3 is 10.1 Å². The second-order valence-electron chi connectivity index (χ2n) is 6.36. The molecule has 9 heteroatoms. The summed E-state index contributed by atoms with van der Waals surface area (Å²) in [7, 11) is -3.86. The van der Waals surface area contributed by atoms with Crippen LogP contribution in [-0.4, -0.2) is 40.3 Å². The highest BCUT2D eigenvalue weighted by Gasteiger charge is 2.22. The molecule has 0 bridgehead atoms. The summed E-state index contributed by atoms with van der Waals surface area (Å²) in [4.78, 5) is 12.2. The Morgan fingerprint density at radius 2 is 1.86 bits per heavy atom. The van der Waals surface area contributed by atoms with E-state index in [9.17, 15) is 22.0 Å². The summed E-state index contributed by atoms with van der Waals surface area (Å²) < 4.78 is 56.8. The first-order chi connectivity index (χ1) is 13.7. The van der Waals surface area contributed by atoms with E-state index in [0.717, 1.165) is 40.1 Å². The Labute approximate surface area is 169 Å². The number of carbonyl (C=O) groups is 1. The molecule has 0 atom stereocenters. The van der Waals surface area contributed by atoms with Gasteiger partial charge in [0.1, 0.15) is 12.3 Å². The summed E-state index contributed by atoms with van der Waals surface area (Å²) in [6.45, 7) is 2.25. The van der Waals surface area contributed by atoms with Crippen molar-refractivity contribution in [2.45, 2.75) is 19.8 Å². The Hall–Kier alpha value is -2.68. The molecule has 0 heterocycles. The van der Waals surface area contributed by atoms with Crippen molar-refractivity contribution in [3.63, 3.8) is 0 Å². The van der Waals surface area contributed by atoms with Gasteiger partial charge in [0, 0.05) is 12.6 Å². The molecule has 0 aliphatic carbocycles. The first-order valence-electron chi connectivity index (χ1n) is 9.12. The van der Waals surface area contributed by atoms with Crippen LogP contribution in [0.15, 0.2) is 42.5 Å². The third-order valence-electron chi connectivity index (χ3n) is 4.10. The molecule has 2 aromatic rings. The van der Waals surface area contributed by atoms with E-state index in [0.29, 0.717) is 26.0 Å². The van der Waals surface area contributed by atoms with E-state index in [1.165, 1.54) is 0 Å². The zero-order valence-electron chi connectivity index (χ0n) is 16.3. The number of sulfonamides is 1. The summed E-state index contributed by atoms with van der Waals surface area (Å²) in [6.07, 6.45) is 2.20. The number of benzene rings is 2. The molecule has 0 aromatic heterocycles. The SMILES string of the molecule is CCOc1ccccc1CCCNC(=O)CN(c1ccc(F)c(F)c1)S(C)(=O)=O. The lowest BCUT2D eigenvalue weighted by molar-refractivity contribution is -0.119. The van der Waals surface area contributed by atoms with Gasteiger partial charge in [-0.3, -0.25) is 9.10 Å². The van der Waals surface area contributed by atoms with E-state index >= 15 is 0 Å². The van der Waals surface area contributed by atoms with Crippen LogP contribution >= 0.6 is 0 Å². The van der Waals surface area contributed by atoms with Crippen molar-refractivity contribution in [1.82, 2.24) is 5.32 Å². The van der Waals surface area contributed by atoms with Gasteiger partial charge in [-0.2, -0.15) is 0 Å². The monoisotopic (exact) mass is 426 g/mol. The summed E-state index contributed by atoms with van der Waals surface area (Å²) >= 11 is 0. The van der Waals surface area contributed by atoms with E-state index in [1.807, 2.05) is 31.2 Å². The maximum atomic E-state index is 13.5. The fourth-order valence-electron chi connectivity index (χ4n) is 2.74. The van der Waals surface area contributed by atoms with Crippen molar-refractivity contribution >= 4 is 21.6 Å². The zero-order valence-corrected chi connectivity index (χ0v) is 17.1. The normalized spacial score (nSPS) is 11.2. The molecule has 0 aliphatic heterocycles. The van der Waals surface area contributed by atoms with Crippen LogP contribution in [0, 0.1) is 11.6 Å². The average molecular weight is 426 g/mol. The van der Waals surface area contributed by atoms with Crippen molar-refractivity contribution in [3.8, 4) is 5.75 Å². The van der Waals surface area contributed by atoms with E-state index in [2.05, 4.69) is 5.32 Å². The van der Waals surface area contributed by atoms with E-state index in [1.54, 1.807) is 0 Å². The number of carbonyl (C=O) groups excluding carboxylic acids is 1. The molecule has 0 fully saturated rings. The van der Waals surface area contributed by atoms with Crippen LogP contribution in [0.4, 0.5) is 14.5 Å². The first-order valence-corrected chi connectivity index (χ1v) is 11.0. The minimum Gasteiger partial charge on any atom is -0.494 e. The predicted molar refractivity (Wildman–Crippen MR) is 107 cm³/mol. The van der Waals surface area contributed by atoms with Crippen LogP contribution in [-0.2, 0) is 21.2 Å². The number of nitrogens with zero attached hydrogens (tertiary/aromatic N) is 1. The minimum atomic E-state index is -3.86. The number of anilines is 1. The van der Waals surface area contributed by atoms with Gasteiger partial charge in [0.2, 0.25) is 15.9 Å². The standard InChI is InChI=1S/C20H24F2N2O4S/c1-3-28-19-9-5-4-7-15(19)8-6-12-23-20(25)14-24(29(2,26)27)16-10-11-17(21)18(22)13-16/h4-5,7,9-11,13H,3,6,8,12,14H2,1-2H3,(H,23,25). The van der Waals surface area contributed by atoms with Crippen LogP contribution in [0.2, 0.25) is 0 Å². The van der Waals surface area contributed by atoms with Gasteiger partial charge in [-0.1, -0.05) is 18.2 Å². The Morgan fingerprint density at radius 1 is 1.14 bits per heavy atom. The number of para-hydroxylation sites is 1. The maximum Gasteiger partial charge on any atom is 0.240 e. The molecule has 0 radical (unpaired) electrons. The highest BCUT2D eigenvalue weighted by molar-refractivity contribution is 7.92. The number of amides is 1. The van der Waals surface area contributed by atoms with Gasteiger partial charge in [-0.15, -0.1) is 0 Å². The van der Waals surface area contributed by atoms with Gasteiger partial charge >= 0.3 is 0 Å². The number of hydrogen-bond donors (Lipinski definition) is 1. The highest BCUT2D eigenvalue weighted by Crippen LogP contribution is 2.21. The second-order valence-corrected chi connectivity index (χ2v) is 8.27. The molecular weight excluding hydrogens is 402 g/mol. The Morgan fingerprint density at radius 3 is 2.52 bits per heavy atom. The average Bonchev–Trinajstić information content (AvgIpc) is 2.66. The molecule has 6 nitrogen and oxygen atoms in total. The number of ether oxygens (including phenoxy) is 1. The molecule has 1 N–H and O–H groups in total. The van der Waals surface area contributed by atoms with Gasteiger partial charge in [0.05, 0.1) is 18.6 Å². The third kappa shape index (κ3) is 6.70. The zero-order chi connectivity index (χ0) is 21.4. The van der Waals surface area contributed by atoms with Crippen LogP contribution in [0.1, 0.15) is 18.9 Å². The highest BCUT2D eigenvalue weighted by atomic mass is 32.2. The smallest absolute Gasteiger partial charge is 0.240 e. The number of nitrogens with one attached hydrogen (secondary N) is 1. The van der Waals surface area contributed by atoms with E-state index < -0.39 is 34.1 Å². The maximum absolute atomic E-state index is 13.5. The van der Waals surface area contributed by atoms with Crippen molar-refractivity contribution in [2.24, 2.45) is 0 Å². The Kier molecular flexibility index (Phi) is 7.95. The first kappa shape index (κ1) is 22.6. The number of hydrogen-bond acceptors (Lipinski definition) is 4. The molecule has 1 amide bonds. The fraction of sp³-hybridized carbons (Fsp3) is 0.350. The van der Waals surface area contributed by atoms with Crippen LogP contribution in [0.5, 0.6) is 5.75 Å². The summed E-state index contributed by atoms with van der Waals surface area (Å²) in [5.41, 5.74) is 0.898. The quantitative estimate of drug-likeness (QED) is 0.593. The molecule has 158 valence electrons. The molecule has 0 unspecified atom stereocenters. The van der Waals surface area contributed by atoms with Crippen LogP contribution in [0.25, 0.3) is 0 Å². The third-order valence-corrected chi connectivity index (χ3v) is 5.24. The largest absolute Gasteiger partial charge is 0.494 e. The van der Waals surface area contributed by atoms with E-state index in [4.69, 9.17) is 4.74 Å². The predicted octanol–water partition coefficient (Wildman–Crippen LogP) is 2.88. The molecule has 29 heavy (non-hydrogen) atoms. The Bertz CT molecular complexity index is 951. The number of aryl methyl sites for hydroxylation is 1. The van der Waals surface area contributed by atoms with E-state index in [-0.39, 0.29) is 5.69 Å². The summed E-state index contributed by atoms with van der Waals surface area (Å²) in [5.74, 6) is -2.04. The lowest BCUT2D eigenvalue weighted by Gasteiger charge is -2.22. The van der Waals surface area contributed by atoms with Crippen LogP contribution in [0.3, 0.4) is 0 Å². The minimum absolute atomic E-state index is 0.118. The number of halogens is 2. The second kappa shape index (κ2) is 10.2. The van der Waals surface area contributed by atoms with Crippen molar-refractivity contribution in [1.29, 1.82) is 0 Å². The molecular formula is C20H24F2N2O4S. The summed E-state index contributed by atoms with van der Waals surface area (Å²) in [6, 6.07) is 10.3. The Balaban J connectivity index is 1.93. The lowest BCUT2D eigenvalue weighted by atomic mass is 10.1. The van der Waals surface area contributed by atoms with Gasteiger partial charge in [-0.05, 0) is 43.5 Å². The van der Waals surface area contributed by atoms with Gasteiger partial charge in [0.15, 0.2) is 11.6 Å². The molecule has 0 spiro atoms. The molecule has 0 saturated heterocycles. The number of rotatable bonds is 10. The topological polar surface area (TPSA) is 75.7 Å². The fourth-order valence-corrected chi connectivity index (χ4v) is 3.59. The van der Waals surface area contributed by atoms with Crippen LogP contribution < -0.4 is 14.4 Å². The van der Waals surface area contributed by atoms with Crippen molar-refractivity contribution < 1.29 is 26.7 Å². The van der Waals surface area contributed by atoms with Gasteiger partial charge in [-0.25, -0.2) is 17.2 Å². The lowest BCUT2D eigenvalue weighted by Crippen LogP contribution is -2.40. The summed E-state index contributed by atoms with van der Waals surface area (Å²) in [5, 5.41) is 2.65. The molecule has 2 aromatic carbocycles. The van der Waals surface area contributed by atoms with Crippen molar-refractivity contribution in [2.75, 3.05) is 30.3 Å². The molecule has 2 rings (SSSR count). The van der Waals surface area contributed by atoms with Gasteiger partial charge in [0.25, 0.3) is 0 Å². The van der Waals surface area contributed by atoms with Crippen molar-refractivity contribution in [3.05, 3.63) is 59.7 Å². The molecule has 0 aliphatic rings.